The van der Waals surface area contributed by atoms with Crippen LogP contribution in [-0.2, 0) is 6.42 Å². The summed E-state index contributed by atoms with van der Waals surface area (Å²) < 4.78 is 7.64. The largest absolute Gasteiger partial charge is 0.438 e. The number of dihydropyridines is 1. The van der Waals surface area contributed by atoms with Crippen molar-refractivity contribution < 1.29 is 4.42 Å². The molecule has 2 aliphatic carbocycles. The van der Waals surface area contributed by atoms with E-state index in [1.54, 1.807) is 0 Å². The summed E-state index contributed by atoms with van der Waals surface area (Å²) in [7, 11) is 0. The number of fused-ring (bicyclic) bond motifs is 8. The van der Waals surface area contributed by atoms with Gasteiger partial charge in [0, 0.05) is 32.2 Å². The molecule has 0 saturated heterocycles. The molecule has 48 heavy (non-hydrogen) atoms. The van der Waals surface area contributed by atoms with E-state index in [0.29, 0.717) is 5.71 Å². The summed E-state index contributed by atoms with van der Waals surface area (Å²) in [5.74, 6) is 0. The molecule has 0 N–H and O–H groups in total. The van der Waals surface area contributed by atoms with Gasteiger partial charge < -0.3 is 4.42 Å². The molecular weight excluding hydrogens is 605 g/mol. The first-order valence-corrected chi connectivity index (χ1v) is 17.4. The molecule has 4 heterocycles. The van der Waals surface area contributed by atoms with Crippen LogP contribution in [0.5, 0.6) is 0 Å². The van der Waals surface area contributed by atoms with Gasteiger partial charge in [-0.25, -0.2) is 4.98 Å². The summed E-state index contributed by atoms with van der Waals surface area (Å²) in [5, 5.41) is 5.80. The van der Waals surface area contributed by atoms with Crippen LogP contribution < -0.4 is 0 Å². The summed E-state index contributed by atoms with van der Waals surface area (Å²) in [6, 6.07) is 33.9. The molecule has 7 aromatic rings. The number of aryl methyl sites for hydroxylation is 1. The van der Waals surface area contributed by atoms with E-state index in [1.165, 1.54) is 42.6 Å². The van der Waals surface area contributed by atoms with Crippen molar-refractivity contribution in [3.63, 3.8) is 0 Å². The first-order valence-electron chi connectivity index (χ1n) is 16.6. The van der Waals surface area contributed by atoms with Crippen molar-refractivity contribution >= 4 is 71.6 Å². The fourth-order valence-corrected chi connectivity index (χ4v) is 9.06. The number of aromatic nitrogens is 1. The lowest BCUT2D eigenvalue weighted by Crippen LogP contribution is -2.14. The molecule has 1 aliphatic heterocycles. The quantitative estimate of drug-likeness (QED) is 0.193. The number of hydrogen-bond acceptors (Lipinski definition) is 4. The van der Waals surface area contributed by atoms with E-state index >= 15 is 0 Å². The van der Waals surface area contributed by atoms with Crippen molar-refractivity contribution in [1.29, 1.82) is 0 Å². The first-order chi connectivity index (χ1) is 23.7. The molecule has 0 radical (unpaired) electrons. The van der Waals surface area contributed by atoms with Crippen molar-refractivity contribution in [2.75, 3.05) is 0 Å². The number of nitrogens with zero attached hydrogens (tertiary/aromatic N) is 2. The van der Waals surface area contributed by atoms with E-state index in [9.17, 15) is 0 Å². The Morgan fingerprint density at radius 1 is 0.771 bits per heavy atom. The highest BCUT2D eigenvalue weighted by molar-refractivity contribution is 7.19. The molecule has 0 spiro atoms. The molecule has 228 valence electrons. The zero-order chi connectivity index (χ0) is 31.8. The standard InChI is InChI=1S/C44H30N2OS/c1-26-36(28-22-23-29(24-28)42-32-16-6-5-15-31(32)40-34-17-7-9-20-38(34)47-44(40)46-42)25-37(27-12-3-2-4-13-27)45-41(26)35-19-11-18-33-30-14-8-10-21-39(30)48-43(33)35/h2-9,11-20,22-23,25,41H,1,10,21,24H2. The number of thiophene rings is 1. The van der Waals surface area contributed by atoms with Crippen LogP contribution in [0.2, 0.25) is 0 Å². The lowest BCUT2D eigenvalue weighted by Gasteiger charge is -2.26. The van der Waals surface area contributed by atoms with Crippen molar-refractivity contribution in [1.82, 2.24) is 4.98 Å². The molecule has 10 rings (SSSR count). The van der Waals surface area contributed by atoms with Gasteiger partial charge in [-0.15, -0.1) is 11.3 Å². The highest BCUT2D eigenvalue weighted by Gasteiger charge is 2.30. The minimum atomic E-state index is -0.177. The van der Waals surface area contributed by atoms with Crippen LogP contribution >= 0.6 is 11.3 Å². The van der Waals surface area contributed by atoms with Crippen molar-refractivity contribution in [3.05, 3.63) is 172 Å². The Bertz CT molecular complexity index is 2660. The summed E-state index contributed by atoms with van der Waals surface area (Å²) in [6.07, 6.45) is 14.3. The zero-order valence-electron chi connectivity index (χ0n) is 26.2. The van der Waals surface area contributed by atoms with Crippen LogP contribution in [0.4, 0.5) is 0 Å². The van der Waals surface area contributed by atoms with Crippen LogP contribution in [0.25, 0.3) is 54.6 Å². The third-order valence-corrected chi connectivity index (χ3v) is 11.4. The SMILES string of the molecule is C=C1C(C2=CC=C(c3nc4oc5ccccc5c4c4ccccc34)C2)=CC(c2ccccc2)=NC1c1cccc2c3c(sc12)CCC=C3. The minimum absolute atomic E-state index is 0.177. The maximum atomic E-state index is 6.31. The van der Waals surface area contributed by atoms with Gasteiger partial charge in [-0.3, -0.25) is 4.99 Å². The van der Waals surface area contributed by atoms with Crippen molar-refractivity contribution in [2.45, 2.75) is 25.3 Å². The molecule has 3 aromatic heterocycles. The van der Waals surface area contributed by atoms with Gasteiger partial charge in [-0.2, -0.15) is 0 Å². The van der Waals surface area contributed by atoms with E-state index in [2.05, 4.69) is 115 Å². The van der Waals surface area contributed by atoms with Crippen LogP contribution in [-0.4, -0.2) is 10.7 Å². The molecule has 0 amide bonds. The number of allylic oxidation sites excluding steroid dienone is 6. The monoisotopic (exact) mass is 634 g/mol. The van der Waals surface area contributed by atoms with Gasteiger partial charge in [0.2, 0.25) is 5.71 Å². The average molecular weight is 635 g/mol. The number of pyridine rings is 1. The van der Waals surface area contributed by atoms with E-state index in [1.807, 2.05) is 23.5 Å². The molecule has 4 aromatic carbocycles. The van der Waals surface area contributed by atoms with Crippen LogP contribution in [0.1, 0.15) is 46.1 Å². The van der Waals surface area contributed by atoms with Crippen LogP contribution in [0.15, 0.2) is 154 Å². The summed E-state index contributed by atoms with van der Waals surface area (Å²) in [4.78, 5) is 12.1. The molecule has 4 heteroatoms. The summed E-state index contributed by atoms with van der Waals surface area (Å²) in [5.41, 5.74) is 11.8. The highest BCUT2D eigenvalue weighted by atomic mass is 32.1. The molecule has 1 unspecified atom stereocenters. The topological polar surface area (TPSA) is 38.4 Å². The Morgan fingerprint density at radius 3 is 2.44 bits per heavy atom. The van der Waals surface area contributed by atoms with Gasteiger partial charge in [-0.05, 0) is 69.4 Å². The molecule has 0 fully saturated rings. The van der Waals surface area contributed by atoms with Crippen LogP contribution in [0, 0.1) is 0 Å². The average Bonchev–Trinajstić information content (AvgIpc) is 3.87. The smallest absolute Gasteiger partial charge is 0.228 e. The second-order valence-corrected chi connectivity index (χ2v) is 13.9. The summed E-state index contributed by atoms with van der Waals surface area (Å²) in [6.45, 7) is 4.75. The lowest BCUT2D eigenvalue weighted by atomic mass is 9.84. The maximum Gasteiger partial charge on any atom is 0.228 e. The zero-order valence-corrected chi connectivity index (χ0v) is 27.1. The number of furan rings is 1. The third kappa shape index (κ3) is 4.19. The third-order valence-electron chi connectivity index (χ3n) is 10.0. The van der Waals surface area contributed by atoms with Gasteiger partial charge >= 0.3 is 0 Å². The fraction of sp³-hybridized carbons (Fsp3) is 0.0909. The van der Waals surface area contributed by atoms with E-state index < -0.39 is 0 Å². The van der Waals surface area contributed by atoms with Crippen LogP contribution in [0.3, 0.4) is 0 Å². The van der Waals surface area contributed by atoms with Gasteiger partial charge in [0.25, 0.3) is 0 Å². The summed E-state index contributed by atoms with van der Waals surface area (Å²) >= 11 is 1.93. The molecule has 0 bridgehead atoms. The van der Waals surface area contributed by atoms with E-state index in [4.69, 9.17) is 21.0 Å². The number of rotatable bonds is 4. The van der Waals surface area contributed by atoms with Gasteiger partial charge in [0.05, 0.1) is 16.8 Å². The Hall–Kier alpha value is -5.58. The first kappa shape index (κ1) is 27.5. The van der Waals surface area contributed by atoms with Crippen molar-refractivity contribution in [3.8, 4) is 0 Å². The number of benzene rings is 4. The highest BCUT2D eigenvalue weighted by Crippen LogP contribution is 2.47. The Balaban J connectivity index is 1.07. The maximum absolute atomic E-state index is 6.31. The second-order valence-electron chi connectivity index (χ2n) is 12.8. The Kier molecular flexibility index (Phi) is 6.15. The van der Waals surface area contributed by atoms with Gasteiger partial charge in [0.15, 0.2) is 0 Å². The Morgan fingerprint density at radius 2 is 1.54 bits per heavy atom. The predicted molar refractivity (Wildman–Crippen MR) is 202 cm³/mol. The minimum Gasteiger partial charge on any atom is -0.438 e. The normalized spacial score (nSPS) is 17.6. The lowest BCUT2D eigenvalue weighted by molar-refractivity contribution is 0.654. The number of aliphatic imine (C=N–C) groups is 1. The Labute approximate surface area is 282 Å². The van der Waals surface area contributed by atoms with Crippen molar-refractivity contribution in [2.24, 2.45) is 4.99 Å². The van der Waals surface area contributed by atoms with Gasteiger partial charge in [-0.1, -0.05) is 122 Å². The molecule has 1 atom stereocenters. The predicted octanol–water partition coefficient (Wildman–Crippen LogP) is 11.7. The number of hydrogen-bond donors (Lipinski definition) is 0. The van der Waals surface area contributed by atoms with E-state index in [0.717, 1.165) is 69.1 Å². The van der Waals surface area contributed by atoms with Gasteiger partial charge in [0.1, 0.15) is 11.6 Å². The fourth-order valence-electron chi connectivity index (χ4n) is 7.72. The second kappa shape index (κ2) is 10.7. The molecule has 0 saturated carbocycles. The molecule has 3 aliphatic rings. The molecule has 3 nitrogen and oxygen atoms in total. The number of para-hydroxylation sites is 1. The van der Waals surface area contributed by atoms with E-state index in [-0.39, 0.29) is 6.04 Å². The molecular formula is C44H30N2OS.